The fourth-order valence-corrected chi connectivity index (χ4v) is 2.59. The van der Waals surface area contributed by atoms with Gasteiger partial charge in [-0.3, -0.25) is 4.79 Å². The van der Waals surface area contributed by atoms with Crippen LogP contribution in [0.25, 0.3) is 0 Å². The molecule has 1 heterocycles. The summed E-state index contributed by atoms with van der Waals surface area (Å²) in [6.45, 7) is 0.491. The third kappa shape index (κ3) is 1.52. The van der Waals surface area contributed by atoms with Gasteiger partial charge in [-0.2, -0.15) is 0 Å². The Morgan fingerprint density at radius 1 is 1.31 bits per heavy atom. The van der Waals surface area contributed by atoms with Gasteiger partial charge in [0.1, 0.15) is 0 Å². The fraction of sp³-hybridized carbons (Fsp3) is 0.417. The molecule has 1 aliphatic carbocycles. The molecule has 1 aromatic rings. The molecule has 0 bridgehead atoms. The number of carbonyl (C=O) groups is 1. The Morgan fingerprint density at radius 3 is 2.75 bits per heavy atom. The minimum atomic E-state index is 0.218. The van der Waals surface area contributed by atoms with E-state index in [9.17, 15) is 4.79 Å². The maximum atomic E-state index is 12.0. The normalized spacial score (nSPS) is 20.0. The molecule has 2 aliphatic rings. The molecule has 3 nitrogen and oxygen atoms in total. The smallest absolute Gasteiger partial charge is 0.246 e. The number of hydrogen-bond donors (Lipinski definition) is 0. The van der Waals surface area contributed by atoms with Gasteiger partial charge in [0.15, 0.2) is 0 Å². The summed E-state index contributed by atoms with van der Waals surface area (Å²) in [5, 5.41) is 0. The minimum Gasteiger partial charge on any atom is -0.364 e. The predicted octanol–water partition coefficient (Wildman–Crippen LogP) is 2.39. The maximum Gasteiger partial charge on any atom is 0.246 e. The van der Waals surface area contributed by atoms with E-state index in [0.29, 0.717) is 12.6 Å². The third-order valence-corrected chi connectivity index (χ3v) is 3.65. The number of carbonyl (C=O) groups excluding carboxylic acids is 1. The topological polar surface area (TPSA) is 23.6 Å². The molecule has 1 aromatic carbocycles. The molecule has 16 heavy (non-hydrogen) atoms. The van der Waals surface area contributed by atoms with E-state index in [0.717, 1.165) is 28.7 Å². The van der Waals surface area contributed by atoms with Crippen LogP contribution in [-0.4, -0.2) is 25.5 Å². The van der Waals surface area contributed by atoms with Crippen molar-refractivity contribution in [1.82, 2.24) is 0 Å². The van der Waals surface area contributed by atoms with Crippen LogP contribution in [0, 0.1) is 0 Å². The minimum absolute atomic E-state index is 0.218. The number of fused-ring (bicyclic) bond motifs is 1. The first kappa shape index (κ1) is 10.1. The van der Waals surface area contributed by atoms with Gasteiger partial charge in [-0.1, -0.05) is 15.9 Å². The Hall–Kier alpha value is -1.03. The highest BCUT2D eigenvalue weighted by atomic mass is 79.9. The van der Waals surface area contributed by atoms with Gasteiger partial charge in [0.05, 0.1) is 17.9 Å². The van der Waals surface area contributed by atoms with Gasteiger partial charge in [-0.15, -0.1) is 0 Å². The average molecular weight is 281 g/mol. The number of amides is 1. The van der Waals surface area contributed by atoms with Crippen LogP contribution in [0.15, 0.2) is 22.7 Å². The first-order valence-electron chi connectivity index (χ1n) is 5.49. The molecule has 3 rings (SSSR count). The number of anilines is 2. The van der Waals surface area contributed by atoms with Crippen LogP contribution >= 0.6 is 15.9 Å². The van der Waals surface area contributed by atoms with Crippen molar-refractivity contribution in [2.75, 3.05) is 23.4 Å². The van der Waals surface area contributed by atoms with Crippen molar-refractivity contribution < 1.29 is 4.79 Å². The van der Waals surface area contributed by atoms with E-state index in [1.165, 1.54) is 0 Å². The molecule has 0 aromatic heterocycles. The standard InChI is InChI=1S/C12H13BrN2O/c1-14-7-12(16)15(9-3-4-9)11-6-8(13)2-5-10(11)14/h2,5-6,9H,3-4,7H2,1H3. The van der Waals surface area contributed by atoms with Crippen molar-refractivity contribution in [3.05, 3.63) is 22.7 Å². The van der Waals surface area contributed by atoms with Crippen LogP contribution in [0.1, 0.15) is 12.8 Å². The molecule has 84 valence electrons. The second-order valence-corrected chi connectivity index (χ2v) is 5.40. The molecular weight excluding hydrogens is 268 g/mol. The highest BCUT2D eigenvalue weighted by Crippen LogP contribution is 2.41. The third-order valence-electron chi connectivity index (χ3n) is 3.16. The van der Waals surface area contributed by atoms with Crippen LogP contribution in [0.5, 0.6) is 0 Å². The summed E-state index contributed by atoms with van der Waals surface area (Å²) < 4.78 is 1.03. The second-order valence-electron chi connectivity index (χ2n) is 4.48. The highest BCUT2D eigenvalue weighted by molar-refractivity contribution is 9.10. The lowest BCUT2D eigenvalue weighted by atomic mass is 10.1. The Bertz CT molecular complexity index is 456. The van der Waals surface area contributed by atoms with Crippen molar-refractivity contribution in [2.45, 2.75) is 18.9 Å². The number of benzene rings is 1. The molecular formula is C12H13BrN2O. The number of hydrogen-bond acceptors (Lipinski definition) is 2. The van der Waals surface area contributed by atoms with E-state index in [1.54, 1.807) is 0 Å². The van der Waals surface area contributed by atoms with Crippen molar-refractivity contribution >= 4 is 33.2 Å². The molecule has 0 radical (unpaired) electrons. The zero-order chi connectivity index (χ0) is 11.3. The van der Waals surface area contributed by atoms with E-state index in [2.05, 4.69) is 22.0 Å². The summed E-state index contributed by atoms with van der Waals surface area (Å²) in [6, 6.07) is 6.58. The number of likely N-dealkylation sites (N-methyl/N-ethyl adjacent to an activating group) is 1. The van der Waals surface area contributed by atoms with E-state index in [-0.39, 0.29) is 5.91 Å². The van der Waals surface area contributed by atoms with Crippen molar-refractivity contribution in [2.24, 2.45) is 0 Å². The molecule has 0 unspecified atom stereocenters. The van der Waals surface area contributed by atoms with E-state index >= 15 is 0 Å². The maximum absolute atomic E-state index is 12.0. The van der Waals surface area contributed by atoms with Crippen molar-refractivity contribution in [1.29, 1.82) is 0 Å². The monoisotopic (exact) mass is 280 g/mol. The quantitative estimate of drug-likeness (QED) is 0.789. The molecule has 1 saturated carbocycles. The van der Waals surface area contributed by atoms with Crippen LogP contribution in [-0.2, 0) is 4.79 Å². The SMILES string of the molecule is CN1CC(=O)N(C2CC2)c2cc(Br)ccc21. The Morgan fingerprint density at radius 2 is 2.06 bits per heavy atom. The van der Waals surface area contributed by atoms with Gasteiger partial charge in [0, 0.05) is 17.6 Å². The van der Waals surface area contributed by atoms with E-state index < -0.39 is 0 Å². The second kappa shape index (κ2) is 3.48. The van der Waals surface area contributed by atoms with Crippen molar-refractivity contribution in [3.63, 3.8) is 0 Å². The van der Waals surface area contributed by atoms with Crippen molar-refractivity contribution in [3.8, 4) is 0 Å². The lowest BCUT2D eigenvalue weighted by Crippen LogP contribution is -2.45. The predicted molar refractivity (Wildman–Crippen MR) is 67.9 cm³/mol. The summed E-state index contributed by atoms with van der Waals surface area (Å²) in [6.07, 6.45) is 2.28. The lowest BCUT2D eigenvalue weighted by Gasteiger charge is -2.35. The first-order valence-corrected chi connectivity index (χ1v) is 6.29. The molecule has 1 aliphatic heterocycles. The van der Waals surface area contributed by atoms with Gasteiger partial charge in [0.25, 0.3) is 0 Å². The van der Waals surface area contributed by atoms with Gasteiger partial charge in [0.2, 0.25) is 5.91 Å². The van der Waals surface area contributed by atoms with Gasteiger partial charge >= 0.3 is 0 Å². The number of halogens is 1. The molecule has 0 spiro atoms. The zero-order valence-corrected chi connectivity index (χ0v) is 10.7. The number of rotatable bonds is 1. The Kier molecular flexibility index (Phi) is 2.21. The fourth-order valence-electron chi connectivity index (χ4n) is 2.24. The molecule has 0 atom stereocenters. The summed E-state index contributed by atoms with van der Waals surface area (Å²) >= 11 is 3.47. The molecule has 0 saturated heterocycles. The molecule has 0 N–H and O–H groups in total. The van der Waals surface area contributed by atoms with E-state index in [1.807, 2.05) is 29.0 Å². The average Bonchev–Trinajstić information content (AvgIpc) is 3.01. The number of nitrogens with zero attached hydrogens (tertiary/aromatic N) is 2. The summed E-state index contributed by atoms with van der Waals surface area (Å²) in [5.41, 5.74) is 2.20. The lowest BCUT2D eigenvalue weighted by molar-refractivity contribution is -0.117. The highest BCUT2D eigenvalue weighted by Gasteiger charge is 2.38. The van der Waals surface area contributed by atoms with E-state index in [4.69, 9.17) is 0 Å². The molecule has 1 fully saturated rings. The summed E-state index contributed by atoms with van der Waals surface area (Å²) in [5.74, 6) is 0.218. The summed E-state index contributed by atoms with van der Waals surface area (Å²) in [4.78, 5) is 16.0. The van der Waals surface area contributed by atoms with Gasteiger partial charge < -0.3 is 9.80 Å². The first-order chi connectivity index (χ1) is 7.66. The Balaban J connectivity index is 2.12. The van der Waals surface area contributed by atoms with Crippen LogP contribution < -0.4 is 9.80 Å². The largest absolute Gasteiger partial charge is 0.364 e. The van der Waals surface area contributed by atoms with Crippen LogP contribution in [0.3, 0.4) is 0 Å². The van der Waals surface area contributed by atoms with Crippen LogP contribution in [0.2, 0.25) is 0 Å². The van der Waals surface area contributed by atoms with Crippen LogP contribution in [0.4, 0.5) is 11.4 Å². The van der Waals surface area contributed by atoms with Gasteiger partial charge in [-0.05, 0) is 31.0 Å². The molecule has 4 heteroatoms. The Labute approximate surface area is 103 Å². The van der Waals surface area contributed by atoms with Gasteiger partial charge in [-0.25, -0.2) is 0 Å². The summed E-state index contributed by atoms with van der Waals surface area (Å²) in [7, 11) is 1.97. The zero-order valence-electron chi connectivity index (χ0n) is 9.11. The molecule has 1 amide bonds.